The molecule has 1 aromatic rings. The number of hydrogen-bond acceptors (Lipinski definition) is 0. The van der Waals surface area contributed by atoms with Gasteiger partial charge in [0.05, 0.1) is 0 Å². The molecule has 0 aromatic heterocycles. The molecule has 0 radical (unpaired) electrons. The molecule has 1 rings (SSSR count). The highest BCUT2D eigenvalue weighted by molar-refractivity contribution is 6.17. The monoisotopic (exact) mass is 186 g/mol. The Labute approximate surface area is 77.4 Å². The van der Waals surface area contributed by atoms with Crippen molar-refractivity contribution in [3.63, 3.8) is 0 Å². The fourth-order valence-electron chi connectivity index (χ4n) is 1.26. The van der Waals surface area contributed by atoms with Crippen molar-refractivity contribution in [3.8, 4) is 0 Å². The maximum Gasteiger partial charge on any atom is 0.126 e. The molecule has 66 valence electrons. The highest BCUT2D eigenvalue weighted by Gasteiger charge is 2.05. The van der Waals surface area contributed by atoms with Crippen LogP contribution in [-0.4, -0.2) is 0 Å². The fraction of sp³-hybridized carbons (Fsp3) is 0.400. The van der Waals surface area contributed by atoms with Gasteiger partial charge in [-0.3, -0.25) is 0 Å². The summed E-state index contributed by atoms with van der Waals surface area (Å²) in [5, 5.41) is 0. The summed E-state index contributed by atoms with van der Waals surface area (Å²) >= 11 is 5.67. The summed E-state index contributed by atoms with van der Waals surface area (Å²) in [5.41, 5.74) is 1.69. The van der Waals surface area contributed by atoms with Crippen LogP contribution in [0.4, 0.5) is 4.39 Å². The Morgan fingerprint density at radius 2 is 2.17 bits per heavy atom. The Kier molecular flexibility index (Phi) is 3.54. The van der Waals surface area contributed by atoms with E-state index in [1.54, 1.807) is 6.07 Å². The fourth-order valence-corrected chi connectivity index (χ4v) is 1.51. The molecule has 0 spiro atoms. The molecule has 12 heavy (non-hydrogen) atoms. The first-order chi connectivity index (χ1) is 5.79. The maximum absolute atomic E-state index is 13.2. The van der Waals surface area contributed by atoms with Gasteiger partial charge in [-0.2, -0.15) is 0 Å². The van der Waals surface area contributed by atoms with Gasteiger partial charge in [-0.05, 0) is 23.6 Å². The van der Waals surface area contributed by atoms with Crippen molar-refractivity contribution in [1.29, 1.82) is 0 Å². The first-order valence-electron chi connectivity index (χ1n) is 4.11. The highest BCUT2D eigenvalue weighted by Crippen LogP contribution is 2.17. The van der Waals surface area contributed by atoms with E-state index in [0.717, 1.165) is 24.0 Å². The van der Waals surface area contributed by atoms with E-state index in [-0.39, 0.29) is 5.82 Å². The smallest absolute Gasteiger partial charge is 0.126 e. The maximum atomic E-state index is 13.2. The van der Waals surface area contributed by atoms with Crippen LogP contribution in [0.5, 0.6) is 0 Å². The molecule has 1 aromatic carbocycles. The minimum atomic E-state index is -0.130. The second-order valence-electron chi connectivity index (χ2n) is 2.76. The van der Waals surface area contributed by atoms with Crippen LogP contribution >= 0.6 is 11.6 Å². The molecule has 0 N–H and O–H groups in total. The number of halogens is 2. The number of benzene rings is 1. The Bertz CT molecular complexity index is 258. The lowest BCUT2D eigenvalue weighted by Gasteiger charge is -2.06. The van der Waals surface area contributed by atoms with E-state index in [4.69, 9.17) is 11.6 Å². The molecular formula is C10H12ClF. The Hall–Kier alpha value is -0.560. The molecule has 0 bridgehead atoms. The van der Waals surface area contributed by atoms with Crippen LogP contribution in [0, 0.1) is 5.82 Å². The van der Waals surface area contributed by atoms with Gasteiger partial charge in [0.15, 0.2) is 0 Å². The van der Waals surface area contributed by atoms with Crippen LogP contribution in [-0.2, 0) is 12.3 Å². The topological polar surface area (TPSA) is 0 Å². The summed E-state index contributed by atoms with van der Waals surface area (Å²) in [6, 6.07) is 5.06. The molecule has 0 amide bonds. The zero-order valence-electron chi connectivity index (χ0n) is 7.11. The van der Waals surface area contributed by atoms with Gasteiger partial charge in [-0.15, -0.1) is 11.6 Å². The Balaban J connectivity index is 3.02. The summed E-state index contributed by atoms with van der Waals surface area (Å²) in [6.07, 6.45) is 1.72. The van der Waals surface area contributed by atoms with Crippen molar-refractivity contribution in [3.05, 3.63) is 35.1 Å². The first kappa shape index (κ1) is 9.53. The average molecular weight is 187 g/mol. The van der Waals surface area contributed by atoms with Gasteiger partial charge < -0.3 is 0 Å². The van der Waals surface area contributed by atoms with E-state index in [0.29, 0.717) is 5.88 Å². The molecular weight excluding hydrogens is 175 g/mol. The van der Waals surface area contributed by atoms with Crippen LogP contribution in [0.2, 0.25) is 0 Å². The normalized spacial score (nSPS) is 10.2. The van der Waals surface area contributed by atoms with Crippen molar-refractivity contribution in [2.45, 2.75) is 25.6 Å². The third-order valence-electron chi connectivity index (χ3n) is 1.86. The minimum Gasteiger partial charge on any atom is -0.207 e. The van der Waals surface area contributed by atoms with Gasteiger partial charge in [-0.1, -0.05) is 25.5 Å². The lowest BCUT2D eigenvalue weighted by molar-refractivity contribution is 0.605. The number of alkyl halides is 1. The lowest BCUT2D eigenvalue weighted by Crippen LogP contribution is -1.95. The lowest BCUT2D eigenvalue weighted by atomic mass is 10.0. The summed E-state index contributed by atoms with van der Waals surface area (Å²) < 4.78 is 13.2. The zero-order valence-corrected chi connectivity index (χ0v) is 7.87. The second-order valence-corrected chi connectivity index (χ2v) is 3.03. The van der Waals surface area contributed by atoms with Gasteiger partial charge in [0.2, 0.25) is 0 Å². The first-order valence-corrected chi connectivity index (χ1v) is 4.65. The quantitative estimate of drug-likeness (QED) is 0.634. The molecule has 0 aliphatic carbocycles. The largest absolute Gasteiger partial charge is 0.207 e. The molecule has 0 heterocycles. The van der Waals surface area contributed by atoms with Gasteiger partial charge in [0, 0.05) is 5.88 Å². The summed E-state index contributed by atoms with van der Waals surface area (Å²) in [6.45, 7) is 2.03. The standard InChI is InChI=1S/C10H12ClF/c1-2-4-9-8(7-11)5-3-6-10(9)12/h3,5-6H,2,4,7H2,1H3. The van der Waals surface area contributed by atoms with E-state index in [1.807, 2.05) is 13.0 Å². The number of rotatable bonds is 3. The number of hydrogen-bond donors (Lipinski definition) is 0. The van der Waals surface area contributed by atoms with Crippen molar-refractivity contribution in [1.82, 2.24) is 0 Å². The van der Waals surface area contributed by atoms with Gasteiger partial charge >= 0.3 is 0 Å². The van der Waals surface area contributed by atoms with E-state index in [2.05, 4.69) is 0 Å². The van der Waals surface area contributed by atoms with E-state index < -0.39 is 0 Å². The van der Waals surface area contributed by atoms with E-state index in [9.17, 15) is 4.39 Å². The Morgan fingerprint density at radius 1 is 1.42 bits per heavy atom. The van der Waals surface area contributed by atoms with E-state index in [1.165, 1.54) is 6.07 Å². The predicted octanol–water partition coefficient (Wildman–Crippen LogP) is 3.52. The minimum absolute atomic E-state index is 0.130. The van der Waals surface area contributed by atoms with Crippen LogP contribution in [0.3, 0.4) is 0 Å². The van der Waals surface area contributed by atoms with Crippen LogP contribution in [0.1, 0.15) is 24.5 Å². The molecule has 0 unspecified atom stereocenters. The zero-order chi connectivity index (χ0) is 8.97. The molecule has 0 saturated heterocycles. The van der Waals surface area contributed by atoms with Crippen LogP contribution in [0.25, 0.3) is 0 Å². The third kappa shape index (κ3) is 1.98. The van der Waals surface area contributed by atoms with Crippen LogP contribution in [0.15, 0.2) is 18.2 Å². The van der Waals surface area contributed by atoms with Gasteiger partial charge in [0.25, 0.3) is 0 Å². The third-order valence-corrected chi connectivity index (χ3v) is 2.15. The van der Waals surface area contributed by atoms with Crippen molar-refractivity contribution < 1.29 is 4.39 Å². The summed E-state index contributed by atoms with van der Waals surface area (Å²) in [5.74, 6) is 0.266. The van der Waals surface area contributed by atoms with E-state index >= 15 is 0 Å². The average Bonchev–Trinajstić information content (AvgIpc) is 2.09. The molecule has 0 aliphatic heterocycles. The molecule has 0 nitrogen and oxygen atoms in total. The summed E-state index contributed by atoms with van der Waals surface area (Å²) in [4.78, 5) is 0. The van der Waals surface area contributed by atoms with Gasteiger partial charge in [-0.25, -0.2) is 4.39 Å². The van der Waals surface area contributed by atoms with Crippen LogP contribution < -0.4 is 0 Å². The van der Waals surface area contributed by atoms with Crippen molar-refractivity contribution in [2.75, 3.05) is 0 Å². The van der Waals surface area contributed by atoms with Crippen molar-refractivity contribution >= 4 is 11.6 Å². The SMILES string of the molecule is CCCc1c(F)cccc1CCl. The second kappa shape index (κ2) is 4.46. The van der Waals surface area contributed by atoms with Crippen molar-refractivity contribution in [2.24, 2.45) is 0 Å². The molecule has 0 saturated carbocycles. The summed E-state index contributed by atoms with van der Waals surface area (Å²) in [7, 11) is 0. The molecule has 0 atom stereocenters. The Morgan fingerprint density at radius 3 is 2.75 bits per heavy atom. The highest BCUT2D eigenvalue weighted by atomic mass is 35.5. The molecule has 2 heteroatoms. The predicted molar refractivity (Wildman–Crippen MR) is 50.0 cm³/mol. The molecule has 0 aliphatic rings. The van der Waals surface area contributed by atoms with Gasteiger partial charge in [0.1, 0.15) is 5.82 Å². The molecule has 0 fully saturated rings.